The van der Waals surface area contributed by atoms with Gasteiger partial charge in [0.15, 0.2) is 0 Å². The zero-order chi connectivity index (χ0) is 23.4. The Kier molecular flexibility index (Phi) is 13.0. The first-order chi connectivity index (χ1) is 15.0. The van der Waals surface area contributed by atoms with E-state index in [2.05, 4.69) is 46.5 Å². The van der Waals surface area contributed by atoms with Crippen LogP contribution in [0.15, 0.2) is 47.4 Å². The Bertz CT molecular complexity index is 821. The van der Waals surface area contributed by atoms with Crippen LogP contribution in [0, 0.1) is 0 Å². The van der Waals surface area contributed by atoms with Crippen LogP contribution in [0.5, 0.6) is 5.75 Å². The van der Waals surface area contributed by atoms with E-state index in [1.54, 1.807) is 7.11 Å². The molecule has 1 aliphatic rings. The molecule has 0 bridgehead atoms. The van der Waals surface area contributed by atoms with E-state index in [9.17, 15) is 0 Å². The molecule has 1 fully saturated rings. The van der Waals surface area contributed by atoms with Gasteiger partial charge < -0.3 is 9.64 Å². The molecule has 31 heavy (non-hydrogen) atoms. The van der Waals surface area contributed by atoms with E-state index >= 15 is 0 Å². The van der Waals surface area contributed by atoms with Crippen LogP contribution < -0.4 is 4.74 Å². The molecule has 0 aromatic heterocycles. The third-order valence-corrected chi connectivity index (χ3v) is 6.36. The molecule has 0 saturated carbocycles. The molecule has 0 radical (unpaired) electrons. The highest BCUT2D eigenvalue weighted by atomic mass is 79.9. The molecule has 1 aliphatic heterocycles. The lowest BCUT2D eigenvalue weighted by atomic mass is 9.97. The Hall–Kier alpha value is -1.45. The minimum atomic E-state index is 0.592. The summed E-state index contributed by atoms with van der Waals surface area (Å²) in [6.45, 7) is 15.8. The number of aryl methyl sites for hydroxylation is 1. The summed E-state index contributed by atoms with van der Waals surface area (Å²) in [6, 6.07) is 12.9. The Morgan fingerprint density at radius 2 is 1.87 bits per heavy atom. The van der Waals surface area contributed by atoms with Gasteiger partial charge in [-0.15, -0.1) is 0 Å². The summed E-state index contributed by atoms with van der Waals surface area (Å²) in [7, 11) is 1.72. The minimum Gasteiger partial charge on any atom is -0.496 e. The maximum Gasteiger partial charge on any atom is 0.122 e. The first kappa shape index (κ1) is 27.6. The Morgan fingerprint density at radius 1 is 1.16 bits per heavy atom. The van der Waals surface area contributed by atoms with Crippen molar-refractivity contribution in [2.75, 3.05) is 13.7 Å². The second-order valence-corrected chi connectivity index (χ2v) is 8.39. The number of benzene rings is 2. The highest BCUT2D eigenvalue weighted by molar-refractivity contribution is 9.10. The molecule has 2 nitrogen and oxygen atoms in total. The molecule has 0 spiro atoms. The normalized spacial score (nSPS) is 14.8. The smallest absolute Gasteiger partial charge is 0.122 e. The molecule has 3 rings (SSSR count). The van der Waals surface area contributed by atoms with E-state index < -0.39 is 0 Å². The number of hydrogen-bond donors (Lipinski definition) is 0. The van der Waals surface area contributed by atoms with Gasteiger partial charge in [-0.25, -0.2) is 0 Å². The van der Waals surface area contributed by atoms with Gasteiger partial charge in [0.1, 0.15) is 5.75 Å². The van der Waals surface area contributed by atoms with Gasteiger partial charge in [-0.05, 0) is 67.5 Å². The van der Waals surface area contributed by atoms with Gasteiger partial charge in [0, 0.05) is 33.3 Å². The number of rotatable bonds is 7. The van der Waals surface area contributed by atoms with E-state index in [4.69, 9.17) is 16.3 Å². The molecule has 1 saturated heterocycles. The van der Waals surface area contributed by atoms with Crippen LogP contribution in [0.25, 0.3) is 5.70 Å². The monoisotopic (exact) mass is 507 g/mol. The third kappa shape index (κ3) is 7.29. The lowest BCUT2D eigenvalue weighted by Gasteiger charge is -2.29. The van der Waals surface area contributed by atoms with Gasteiger partial charge in [0.25, 0.3) is 0 Å². The maximum atomic E-state index is 6.62. The lowest BCUT2D eigenvalue weighted by Crippen LogP contribution is -2.27. The fourth-order valence-electron chi connectivity index (χ4n) is 4.06. The van der Waals surface area contributed by atoms with Crippen molar-refractivity contribution in [2.24, 2.45) is 0 Å². The van der Waals surface area contributed by atoms with E-state index in [1.165, 1.54) is 29.5 Å². The second kappa shape index (κ2) is 14.6. The third-order valence-electron chi connectivity index (χ3n) is 5.51. The number of halogens is 2. The highest BCUT2D eigenvalue weighted by Gasteiger charge is 2.25. The van der Waals surface area contributed by atoms with E-state index in [-0.39, 0.29) is 0 Å². The van der Waals surface area contributed by atoms with Gasteiger partial charge in [-0.2, -0.15) is 0 Å². The van der Waals surface area contributed by atoms with Crippen molar-refractivity contribution in [2.45, 2.75) is 72.8 Å². The number of nitrogens with zero attached hydrogens (tertiary/aromatic N) is 1. The van der Waals surface area contributed by atoms with Crippen molar-refractivity contribution >= 4 is 33.2 Å². The SMILES string of the molecule is C=C(c1cccc(Cl)c1CCc1cc(Br)ccc1OC)N1CCC[C@H]1CC.CC.CC. The molecule has 0 aliphatic carbocycles. The first-order valence-corrected chi connectivity index (χ1v) is 12.8. The number of hydrogen-bond acceptors (Lipinski definition) is 2. The zero-order valence-electron chi connectivity index (χ0n) is 20.1. The van der Waals surface area contributed by atoms with Crippen molar-refractivity contribution in [3.05, 3.63) is 69.2 Å². The van der Waals surface area contributed by atoms with Crippen LogP contribution in [0.1, 0.15) is 70.6 Å². The Balaban J connectivity index is 0.00000113. The van der Waals surface area contributed by atoms with Crippen LogP contribution in [0.4, 0.5) is 0 Å². The fourth-order valence-corrected chi connectivity index (χ4v) is 4.73. The lowest BCUT2D eigenvalue weighted by molar-refractivity contribution is 0.361. The van der Waals surface area contributed by atoms with E-state index in [0.29, 0.717) is 6.04 Å². The van der Waals surface area contributed by atoms with E-state index in [1.807, 2.05) is 52.0 Å². The molecule has 0 N–H and O–H groups in total. The molecule has 0 unspecified atom stereocenters. The van der Waals surface area contributed by atoms with Gasteiger partial charge in [-0.3, -0.25) is 0 Å². The zero-order valence-corrected chi connectivity index (χ0v) is 22.4. The van der Waals surface area contributed by atoms with Crippen molar-refractivity contribution in [1.29, 1.82) is 0 Å². The molecule has 4 heteroatoms. The van der Waals surface area contributed by atoms with Crippen LogP contribution in [-0.2, 0) is 12.8 Å². The van der Waals surface area contributed by atoms with Crippen LogP contribution in [-0.4, -0.2) is 24.6 Å². The molecular formula is C27H39BrClNO. The summed E-state index contributed by atoms with van der Waals surface area (Å²) >= 11 is 10.2. The van der Waals surface area contributed by atoms with Crippen LogP contribution in [0.3, 0.4) is 0 Å². The Morgan fingerprint density at radius 3 is 2.52 bits per heavy atom. The predicted octanol–water partition coefficient (Wildman–Crippen LogP) is 8.79. The largest absolute Gasteiger partial charge is 0.496 e. The van der Waals surface area contributed by atoms with Crippen molar-refractivity contribution in [3.63, 3.8) is 0 Å². The summed E-state index contributed by atoms with van der Waals surface area (Å²) in [6.07, 6.45) is 5.36. The average Bonchev–Trinajstić information content (AvgIpc) is 3.29. The summed E-state index contributed by atoms with van der Waals surface area (Å²) in [4.78, 5) is 2.47. The molecule has 1 atom stereocenters. The fraction of sp³-hybridized carbons (Fsp3) is 0.481. The number of methoxy groups -OCH3 is 1. The first-order valence-electron chi connectivity index (χ1n) is 11.6. The van der Waals surface area contributed by atoms with Gasteiger partial charge >= 0.3 is 0 Å². The number of ether oxygens (including phenoxy) is 1. The molecule has 2 aromatic carbocycles. The minimum absolute atomic E-state index is 0.592. The van der Waals surface area contributed by atoms with Gasteiger partial charge in [0.05, 0.1) is 7.11 Å². The van der Waals surface area contributed by atoms with Crippen molar-refractivity contribution in [1.82, 2.24) is 4.90 Å². The molecule has 172 valence electrons. The summed E-state index contributed by atoms with van der Waals surface area (Å²) in [5.41, 5.74) is 4.64. The van der Waals surface area contributed by atoms with Crippen LogP contribution in [0.2, 0.25) is 5.02 Å². The molecule has 1 heterocycles. The molecular weight excluding hydrogens is 470 g/mol. The predicted molar refractivity (Wildman–Crippen MR) is 141 cm³/mol. The maximum absolute atomic E-state index is 6.62. The highest BCUT2D eigenvalue weighted by Crippen LogP contribution is 2.34. The standard InChI is InChI=1S/C23H27BrClNO.2C2H6/c1-4-19-7-6-14-26(19)16(2)20-8-5-9-22(25)21(20)12-10-17-15-18(24)11-13-23(17)27-3;2*1-2/h5,8-9,11,13,15,19H,2,4,6-7,10,12,14H2,1,3H3;2*1-2H3/t19-;;/m1../s1. The van der Waals surface area contributed by atoms with Gasteiger partial charge in [-0.1, -0.05) is 80.9 Å². The van der Waals surface area contributed by atoms with E-state index in [0.717, 1.165) is 46.7 Å². The van der Waals surface area contributed by atoms with Gasteiger partial charge in [0.2, 0.25) is 0 Å². The quantitative estimate of drug-likeness (QED) is 0.370. The number of likely N-dealkylation sites (tertiary alicyclic amines) is 1. The molecule has 0 amide bonds. The topological polar surface area (TPSA) is 12.5 Å². The second-order valence-electron chi connectivity index (χ2n) is 7.07. The van der Waals surface area contributed by atoms with Crippen LogP contribution >= 0.6 is 27.5 Å². The molecule has 2 aromatic rings. The summed E-state index contributed by atoms with van der Waals surface area (Å²) in [5, 5.41) is 0.815. The summed E-state index contributed by atoms with van der Waals surface area (Å²) in [5.74, 6) is 0.913. The average molecular weight is 509 g/mol. The summed E-state index contributed by atoms with van der Waals surface area (Å²) < 4.78 is 6.59. The Labute approximate surface area is 203 Å². The van der Waals surface area contributed by atoms with Crippen molar-refractivity contribution < 1.29 is 4.74 Å². The van der Waals surface area contributed by atoms with Crippen molar-refractivity contribution in [3.8, 4) is 5.75 Å².